The highest BCUT2D eigenvalue weighted by Crippen LogP contribution is 2.31. The molecule has 0 aromatic heterocycles. The Balaban J connectivity index is 2.79. The van der Waals surface area contributed by atoms with Crippen LogP contribution in [0, 0.1) is 19.6 Å². The number of nitro groups is 1. The van der Waals surface area contributed by atoms with Crippen LogP contribution in [0.3, 0.4) is 0 Å². The fraction of sp³-hybridized carbons (Fsp3) is 0.364. The monoisotopic (exact) mass is 381 g/mol. The molecule has 18 heavy (non-hydrogen) atoms. The molecule has 1 rings (SSSR count). The predicted molar refractivity (Wildman–Crippen MR) is 77.7 cm³/mol. The van der Waals surface area contributed by atoms with Crippen molar-refractivity contribution >= 4 is 46.0 Å². The minimum absolute atomic E-state index is 0.0731. The van der Waals surface area contributed by atoms with Crippen molar-refractivity contribution in [1.82, 2.24) is 0 Å². The molecule has 0 radical (unpaired) electrons. The van der Waals surface area contributed by atoms with E-state index in [9.17, 15) is 14.9 Å². The fourth-order valence-corrected chi connectivity index (χ4v) is 2.73. The lowest BCUT2D eigenvalue weighted by molar-refractivity contribution is -0.387. The number of rotatable bonds is 5. The van der Waals surface area contributed by atoms with Gasteiger partial charge in [0.25, 0.3) is 5.69 Å². The van der Waals surface area contributed by atoms with Crippen LogP contribution in [0.4, 0.5) is 5.69 Å². The Labute approximate surface area is 123 Å². The highest BCUT2D eigenvalue weighted by Gasteiger charge is 2.18. The predicted octanol–water partition coefficient (Wildman–Crippen LogP) is 3.10. The number of halogens is 1. The van der Waals surface area contributed by atoms with Gasteiger partial charge in [-0.05, 0) is 34.7 Å². The first-order valence-corrected chi connectivity index (χ1v) is 7.16. The van der Waals surface area contributed by atoms with Crippen molar-refractivity contribution in [3.63, 3.8) is 0 Å². The molecule has 0 aliphatic carbocycles. The second-order valence-electron chi connectivity index (χ2n) is 3.60. The summed E-state index contributed by atoms with van der Waals surface area (Å²) in [4.78, 5) is 22.3. The van der Waals surface area contributed by atoms with Crippen molar-refractivity contribution in [2.45, 2.75) is 11.8 Å². The molecule has 1 aromatic carbocycles. The van der Waals surface area contributed by atoms with Gasteiger partial charge in [-0.1, -0.05) is 6.92 Å². The van der Waals surface area contributed by atoms with Crippen LogP contribution in [-0.2, 0) is 9.53 Å². The van der Waals surface area contributed by atoms with Gasteiger partial charge in [-0.2, -0.15) is 0 Å². The van der Waals surface area contributed by atoms with E-state index in [-0.39, 0.29) is 17.6 Å². The summed E-state index contributed by atoms with van der Waals surface area (Å²) >= 11 is 3.32. The number of carbonyl (C=O) groups is 1. The Hall–Kier alpha value is -0.830. The number of nitro benzene ring substituents is 1. The van der Waals surface area contributed by atoms with Crippen LogP contribution in [0.15, 0.2) is 23.1 Å². The average Bonchev–Trinajstić information content (AvgIpc) is 2.35. The number of hydrogen-bond donors (Lipinski definition) is 0. The number of benzene rings is 1. The normalized spacial score (nSPS) is 11.9. The summed E-state index contributed by atoms with van der Waals surface area (Å²) in [6, 6.07) is 5.03. The van der Waals surface area contributed by atoms with E-state index in [2.05, 4.69) is 4.74 Å². The van der Waals surface area contributed by atoms with E-state index in [0.29, 0.717) is 10.6 Å². The number of hydrogen-bond acceptors (Lipinski definition) is 5. The minimum Gasteiger partial charge on any atom is -0.469 e. The Bertz CT molecular complexity index is 466. The largest absolute Gasteiger partial charge is 0.469 e. The van der Waals surface area contributed by atoms with Gasteiger partial charge in [0.2, 0.25) is 0 Å². The molecule has 0 aliphatic heterocycles. The van der Waals surface area contributed by atoms with Crippen LogP contribution in [0.25, 0.3) is 0 Å². The third-order valence-corrected chi connectivity index (χ3v) is 4.20. The van der Waals surface area contributed by atoms with E-state index in [0.717, 1.165) is 3.57 Å². The molecular weight excluding hydrogens is 369 g/mol. The summed E-state index contributed by atoms with van der Waals surface area (Å²) in [5.41, 5.74) is 0.0731. The zero-order valence-electron chi connectivity index (χ0n) is 9.88. The highest BCUT2D eigenvalue weighted by molar-refractivity contribution is 14.1. The van der Waals surface area contributed by atoms with Crippen molar-refractivity contribution in [3.05, 3.63) is 31.9 Å². The Morgan fingerprint density at radius 1 is 1.61 bits per heavy atom. The van der Waals surface area contributed by atoms with Gasteiger partial charge >= 0.3 is 5.97 Å². The second-order valence-corrected chi connectivity index (χ2v) is 5.91. The first kappa shape index (κ1) is 15.2. The highest BCUT2D eigenvalue weighted by atomic mass is 127. The standard InChI is InChI=1S/C11H12INO4S/c1-7(11(14)17-2)6-18-10-4-3-8(12)5-9(10)13(15)16/h3-5,7H,6H2,1-2H3. The van der Waals surface area contributed by atoms with E-state index in [1.54, 1.807) is 19.1 Å². The van der Waals surface area contributed by atoms with Crippen molar-refractivity contribution in [2.24, 2.45) is 5.92 Å². The number of esters is 1. The van der Waals surface area contributed by atoms with Gasteiger partial charge < -0.3 is 4.74 Å². The smallest absolute Gasteiger partial charge is 0.309 e. The quantitative estimate of drug-likeness (QED) is 0.258. The van der Waals surface area contributed by atoms with E-state index < -0.39 is 4.92 Å². The van der Waals surface area contributed by atoms with Crippen molar-refractivity contribution in [2.75, 3.05) is 12.9 Å². The first-order chi connectivity index (χ1) is 8.45. The summed E-state index contributed by atoms with van der Waals surface area (Å²) in [5, 5.41) is 10.9. The average molecular weight is 381 g/mol. The number of nitrogens with zero attached hydrogens (tertiary/aromatic N) is 1. The van der Waals surface area contributed by atoms with Crippen LogP contribution in [0.2, 0.25) is 0 Å². The Morgan fingerprint density at radius 3 is 2.83 bits per heavy atom. The van der Waals surface area contributed by atoms with Crippen molar-refractivity contribution < 1.29 is 14.5 Å². The lowest BCUT2D eigenvalue weighted by Gasteiger charge is -2.08. The maximum atomic E-state index is 11.2. The van der Waals surface area contributed by atoms with E-state index in [1.807, 2.05) is 22.6 Å². The summed E-state index contributed by atoms with van der Waals surface area (Å²) in [6.07, 6.45) is 0. The van der Waals surface area contributed by atoms with Gasteiger partial charge in [-0.15, -0.1) is 11.8 Å². The second kappa shape index (κ2) is 6.93. The molecule has 0 spiro atoms. The Kier molecular flexibility index (Phi) is 5.86. The van der Waals surface area contributed by atoms with Crippen molar-refractivity contribution in [1.29, 1.82) is 0 Å². The summed E-state index contributed by atoms with van der Waals surface area (Å²) in [6.45, 7) is 1.73. The zero-order chi connectivity index (χ0) is 13.7. The fourth-order valence-electron chi connectivity index (χ4n) is 1.24. The van der Waals surface area contributed by atoms with Crippen LogP contribution in [-0.4, -0.2) is 23.8 Å². The zero-order valence-corrected chi connectivity index (χ0v) is 12.9. The molecule has 0 N–H and O–H groups in total. The van der Waals surface area contributed by atoms with Crippen LogP contribution in [0.1, 0.15) is 6.92 Å². The molecule has 0 saturated heterocycles. The molecule has 1 unspecified atom stereocenters. The van der Waals surface area contributed by atoms with Crippen LogP contribution >= 0.6 is 34.4 Å². The van der Waals surface area contributed by atoms with Gasteiger partial charge in [0.05, 0.1) is 22.8 Å². The maximum Gasteiger partial charge on any atom is 0.309 e. The Morgan fingerprint density at radius 2 is 2.28 bits per heavy atom. The molecule has 5 nitrogen and oxygen atoms in total. The summed E-state index contributed by atoms with van der Waals surface area (Å²) < 4.78 is 5.42. The summed E-state index contributed by atoms with van der Waals surface area (Å²) in [5.74, 6) is -0.150. The molecule has 0 saturated carbocycles. The molecule has 0 amide bonds. The lowest BCUT2D eigenvalue weighted by atomic mass is 10.2. The maximum absolute atomic E-state index is 11.2. The molecule has 0 bridgehead atoms. The molecule has 1 aromatic rings. The van der Waals surface area contributed by atoms with Gasteiger partial charge in [0, 0.05) is 15.4 Å². The third kappa shape index (κ3) is 4.13. The van der Waals surface area contributed by atoms with Gasteiger partial charge in [0.1, 0.15) is 0 Å². The van der Waals surface area contributed by atoms with Gasteiger partial charge in [0.15, 0.2) is 0 Å². The number of methoxy groups -OCH3 is 1. The lowest BCUT2D eigenvalue weighted by Crippen LogP contribution is -2.14. The van der Waals surface area contributed by atoms with E-state index in [1.165, 1.54) is 24.9 Å². The summed E-state index contributed by atoms with van der Waals surface area (Å²) in [7, 11) is 1.33. The van der Waals surface area contributed by atoms with Gasteiger partial charge in [-0.25, -0.2) is 0 Å². The van der Waals surface area contributed by atoms with Crippen LogP contribution < -0.4 is 0 Å². The van der Waals surface area contributed by atoms with E-state index >= 15 is 0 Å². The topological polar surface area (TPSA) is 69.4 Å². The first-order valence-electron chi connectivity index (χ1n) is 5.10. The number of ether oxygens (including phenoxy) is 1. The molecule has 0 aliphatic rings. The van der Waals surface area contributed by atoms with E-state index in [4.69, 9.17) is 0 Å². The molecule has 1 atom stereocenters. The van der Waals surface area contributed by atoms with Gasteiger partial charge in [-0.3, -0.25) is 14.9 Å². The molecular formula is C11H12INO4S. The minimum atomic E-state index is -0.409. The van der Waals surface area contributed by atoms with Crippen molar-refractivity contribution in [3.8, 4) is 0 Å². The molecule has 98 valence electrons. The SMILES string of the molecule is COC(=O)C(C)CSc1ccc(I)cc1[N+](=O)[O-]. The molecule has 7 heteroatoms. The number of carbonyl (C=O) groups excluding carboxylic acids is 1. The number of thioether (sulfide) groups is 1. The molecule has 0 heterocycles. The van der Waals surface area contributed by atoms with Crippen LogP contribution in [0.5, 0.6) is 0 Å². The third-order valence-electron chi connectivity index (χ3n) is 2.21. The molecule has 0 fully saturated rings.